The van der Waals surface area contributed by atoms with E-state index in [2.05, 4.69) is 22.1 Å². The number of ether oxygens (including phenoxy) is 3. The molecular formula is C20H25N3O4. The standard InChI is InChI=1S/C20H25N3O4/c1-25-10-11-27-18-8-9-23(17(18)12-15-6-4-3-5-7-15)20(24)19-21-13-16(26-2)14-22-19/h3-7,13-14,17-18H,8-12H2,1-2H3/t17-,18+/m0/s1. The van der Waals surface area contributed by atoms with Crippen molar-refractivity contribution >= 4 is 5.91 Å². The maximum atomic E-state index is 13.0. The van der Waals surface area contributed by atoms with E-state index in [-0.39, 0.29) is 23.9 Å². The average Bonchev–Trinajstić information content (AvgIpc) is 3.11. The van der Waals surface area contributed by atoms with Gasteiger partial charge in [-0.05, 0) is 18.4 Å². The highest BCUT2D eigenvalue weighted by Gasteiger charge is 2.38. The lowest BCUT2D eigenvalue weighted by Crippen LogP contribution is -2.42. The van der Waals surface area contributed by atoms with Gasteiger partial charge < -0.3 is 19.1 Å². The van der Waals surface area contributed by atoms with Crippen LogP contribution in [0.1, 0.15) is 22.6 Å². The van der Waals surface area contributed by atoms with Crippen molar-refractivity contribution in [2.45, 2.75) is 25.0 Å². The van der Waals surface area contributed by atoms with Crippen molar-refractivity contribution in [3.05, 3.63) is 54.1 Å². The van der Waals surface area contributed by atoms with Crippen molar-refractivity contribution in [2.24, 2.45) is 0 Å². The molecule has 144 valence electrons. The first kappa shape index (κ1) is 19.3. The average molecular weight is 371 g/mol. The minimum atomic E-state index is -0.184. The Morgan fingerprint density at radius 2 is 1.89 bits per heavy atom. The lowest BCUT2D eigenvalue weighted by molar-refractivity contribution is 0.000332. The number of methoxy groups -OCH3 is 2. The van der Waals surface area contributed by atoms with E-state index in [1.54, 1.807) is 14.2 Å². The van der Waals surface area contributed by atoms with E-state index in [0.29, 0.717) is 25.5 Å². The Bertz CT molecular complexity index is 724. The molecule has 7 nitrogen and oxygen atoms in total. The summed E-state index contributed by atoms with van der Waals surface area (Å²) in [5.41, 5.74) is 1.16. The molecule has 1 amide bonds. The predicted octanol–water partition coefficient (Wildman–Crippen LogP) is 1.97. The molecule has 1 fully saturated rings. The van der Waals surface area contributed by atoms with E-state index in [1.807, 2.05) is 23.1 Å². The lowest BCUT2D eigenvalue weighted by atomic mass is 10.0. The molecule has 2 atom stereocenters. The van der Waals surface area contributed by atoms with E-state index >= 15 is 0 Å². The molecule has 0 saturated carbocycles. The van der Waals surface area contributed by atoms with Crippen LogP contribution in [0.4, 0.5) is 0 Å². The molecule has 0 aliphatic carbocycles. The molecule has 7 heteroatoms. The molecule has 1 saturated heterocycles. The van der Waals surface area contributed by atoms with Gasteiger partial charge in [-0.15, -0.1) is 0 Å². The van der Waals surface area contributed by atoms with Crippen LogP contribution in [0.15, 0.2) is 42.7 Å². The largest absolute Gasteiger partial charge is 0.494 e. The predicted molar refractivity (Wildman–Crippen MR) is 99.8 cm³/mol. The number of hydrogen-bond acceptors (Lipinski definition) is 6. The zero-order chi connectivity index (χ0) is 19.1. The fraction of sp³-hybridized carbons (Fsp3) is 0.450. The Morgan fingerprint density at radius 1 is 1.15 bits per heavy atom. The first-order chi connectivity index (χ1) is 13.2. The van der Waals surface area contributed by atoms with Crippen LogP contribution in [-0.2, 0) is 15.9 Å². The van der Waals surface area contributed by atoms with Gasteiger partial charge in [0.15, 0.2) is 5.75 Å². The van der Waals surface area contributed by atoms with Gasteiger partial charge in [-0.25, -0.2) is 9.97 Å². The molecule has 1 aromatic carbocycles. The molecule has 1 aromatic heterocycles. The quantitative estimate of drug-likeness (QED) is 0.661. The summed E-state index contributed by atoms with van der Waals surface area (Å²) in [5, 5.41) is 0. The van der Waals surface area contributed by atoms with Gasteiger partial charge in [-0.2, -0.15) is 0 Å². The fourth-order valence-corrected chi connectivity index (χ4v) is 3.31. The summed E-state index contributed by atoms with van der Waals surface area (Å²) >= 11 is 0. The van der Waals surface area contributed by atoms with Gasteiger partial charge in [0.1, 0.15) is 0 Å². The Balaban J connectivity index is 1.77. The summed E-state index contributed by atoms with van der Waals surface area (Å²) in [6.07, 6.45) is 4.48. The molecule has 1 aliphatic heterocycles. The molecular weight excluding hydrogens is 346 g/mol. The molecule has 0 spiro atoms. The molecule has 3 rings (SSSR count). The van der Waals surface area contributed by atoms with Gasteiger partial charge in [0, 0.05) is 13.7 Å². The number of aromatic nitrogens is 2. The molecule has 2 heterocycles. The molecule has 2 aromatic rings. The number of likely N-dealkylation sites (tertiary alicyclic amines) is 1. The van der Waals surface area contributed by atoms with E-state index in [4.69, 9.17) is 14.2 Å². The second-order valence-corrected chi connectivity index (χ2v) is 6.39. The topological polar surface area (TPSA) is 73.8 Å². The van der Waals surface area contributed by atoms with Gasteiger partial charge >= 0.3 is 0 Å². The van der Waals surface area contributed by atoms with Crippen LogP contribution in [0.25, 0.3) is 0 Å². The summed E-state index contributed by atoms with van der Waals surface area (Å²) in [5.74, 6) is 0.511. The lowest BCUT2D eigenvalue weighted by Gasteiger charge is -2.28. The Morgan fingerprint density at radius 3 is 2.56 bits per heavy atom. The van der Waals surface area contributed by atoms with Crippen LogP contribution < -0.4 is 4.74 Å². The minimum Gasteiger partial charge on any atom is -0.494 e. The van der Waals surface area contributed by atoms with Crippen molar-refractivity contribution in [1.82, 2.24) is 14.9 Å². The van der Waals surface area contributed by atoms with E-state index in [0.717, 1.165) is 18.4 Å². The smallest absolute Gasteiger partial charge is 0.292 e. The van der Waals surface area contributed by atoms with Gasteiger partial charge in [-0.3, -0.25) is 4.79 Å². The first-order valence-electron chi connectivity index (χ1n) is 9.04. The third-order valence-corrected chi connectivity index (χ3v) is 4.71. The van der Waals surface area contributed by atoms with Crippen LogP contribution in [0.3, 0.4) is 0 Å². The molecule has 1 aliphatic rings. The monoisotopic (exact) mass is 371 g/mol. The SMILES string of the molecule is COCCO[C@@H]1CCN(C(=O)c2ncc(OC)cn2)[C@H]1Cc1ccccc1. The van der Waals surface area contributed by atoms with Crippen molar-refractivity contribution in [3.8, 4) is 5.75 Å². The van der Waals surface area contributed by atoms with Gasteiger partial charge in [-0.1, -0.05) is 30.3 Å². The van der Waals surface area contributed by atoms with E-state index < -0.39 is 0 Å². The van der Waals surface area contributed by atoms with Crippen LogP contribution in [0.2, 0.25) is 0 Å². The van der Waals surface area contributed by atoms with Crippen molar-refractivity contribution in [3.63, 3.8) is 0 Å². The number of carbonyl (C=O) groups is 1. The Labute approximate surface area is 159 Å². The number of carbonyl (C=O) groups excluding carboxylic acids is 1. The minimum absolute atomic E-state index is 0.0393. The van der Waals surface area contributed by atoms with E-state index in [1.165, 1.54) is 12.4 Å². The second kappa shape index (κ2) is 9.43. The zero-order valence-corrected chi connectivity index (χ0v) is 15.7. The maximum Gasteiger partial charge on any atom is 0.292 e. The van der Waals surface area contributed by atoms with Crippen molar-refractivity contribution in [2.75, 3.05) is 34.0 Å². The van der Waals surface area contributed by atoms with Gasteiger partial charge in [0.05, 0.1) is 44.9 Å². The summed E-state index contributed by atoms with van der Waals surface area (Å²) in [6, 6.07) is 10.1. The van der Waals surface area contributed by atoms with Crippen LogP contribution >= 0.6 is 0 Å². The van der Waals surface area contributed by atoms with Gasteiger partial charge in [0.2, 0.25) is 5.82 Å². The van der Waals surface area contributed by atoms with E-state index in [9.17, 15) is 4.79 Å². The second-order valence-electron chi connectivity index (χ2n) is 6.39. The summed E-state index contributed by atoms with van der Waals surface area (Å²) in [4.78, 5) is 23.1. The molecule has 0 bridgehead atoms. The van der Waals surface area contributed by atoms with Crippen LogP contribution in [0, 0.1) is 0 Å². The number of benzene rings is 1. The number of amides is 1. The third-order valence-electron chi connectivity index (χ3n) is 4.71. The molecule has 0 radical (unpaired) electrons. The molecule has 0 unspecified atom stereocenters. The molecule has 27 heavy (non-hydrogen) atoms. The summed E-state index contributed by atoms with van der Waals surface area (Å²) in [6.45, 7) is 1.65. The highest BCUT2D eigenvalue weighted by Crippen LogP contribution is 2.26. The van der Waals surface area contributed by atoms with Crippen molar-refractivity contribution in [1.29, 1.82) is 0 Å². The number of rotatable bonds is 8. The van der Waals surface area contributed by atoms with Gasteiger partial charge in [0.25, 0.3) is 5.91 Å². The highest BCUT2D eigenvalue weighted by molar-refractivity contribution is 5.91. The van der Waals surface area contributed by atoms with Crippen molar-refractivity contribution < 1.29 is 19.0 Å². The summed E-state index contributed by atoms with van der Waals surface area (Å²) < 4.78 is 16.1. The Hall–Kier alpha value is -2.51. The zero-order valence-electron chi connectivity index (χ0n) is 15.7. The number of hydrogen-bond donors (Lipinski definition) is 0. The van der Waals surface area contributed by atoms with Crippen LogP contribution in [0.5, 0.6) is 5.75 Å². The Kier molecular flexibility index (Phi) is 6.73. The summed E-state index contributed by atoms with van der Waals surface area (Å²) in [7, 11) is 3.19. The first-order valence-corrected chi connectivity index (χ1v) is 9.04. The normalized spacial score (nSPS) is 19.3. The maximum absolute atomic E-state index is 13.0. The van der Waals surface area contributed by atoms with Crippen LogP contribution in [-0.4, -0.2) is 66.9 Å². The molecule has 0 N–H and O–H groups in total. The third kappa shape index (κ3) is 4.81. The number of nitrogens with zero attached hydrogens (tertiary/aromatic N) is 3. The highest BCUT2D eigenvalue weighted by atomic mass is 16.5. The fourth-order valence-electron chi connectivity index (χ4n) is 3.31.